The highest BCUT2D eigenvalue weighted by atomic mass is 32.2. The summed E-state index contributed by atoms with van der Waals surface area (Å²) in [6.45, 7) is 0.593. The number of aromatic nitrogens is 2. The zero-order valence-corrected chi connectivity index (χ0v) is 16.8. The Bertz CT molecular complexity index is 1140. The topological polar surface area (TPSA) is 92.7 Å². The molecule has 8 nitrogen and oxygen atoms in total. The Balaban J connectivity index is 1.38. The molecular weight excluding hydrogens is 419 g/mol. The number of fused-ring (bicyclic) bond motifs is 1. The minimum atomic E-state index is -3.74. The maximum Gasteiger partial charge on any atom is 0.260 e. The van der Waals surface area contributed by atoms with E-state index >= 15 is 0 Å². The van der Waals surface area contributed by atoms with E-state index in [1.54, 1.807) is 18.2 Å². The van der Waals surface area contributed by atoms with Crippen molar-refractivity contribution in [3.8, 4) is 5.75 Å². The van der Waals surface area contributed by atoms with Gasteiger partial charge in [0.25, 0.3) is 5.91 Å². The van der Waals surface area contributed by atoms with Gasteiger partial charge in [0.1, 0.15) is 27.5 Å². The van der Waals surface area contributed by atoms with E-state index in [9.17, 15) is 17.6 Å². The van der Waals surface area contributed by atoms with E-state index in [4.69, 9.17) is 4.74 Å². The minimum Gasteiger partial charge on any atom is -0.484 e. The minimum absolute atomic E-state index is 0.123. The number of amides is 1. The molecule has 1 aromatic heterocycles. The first-order valence-corrected chi connectivity index (χ1v) is 11.0. The standard InChI is InChI=1S/C18H17FN4O4S2/c19-13-3-1-4-14(11-13)27-12-17(24)22-7-9-23(10-8-22)29(25,26)16-6-2-5-15-18(16)21-28-20-15/h1-6,11H,7-10,12H2. The van der Waals surface area contributed by atoms with Crippen LogP contribution in [0.5, 0.6) is 5.75 Å². The summed E-state index contributed by atoms with van der Waals surface area (Å²) in [5.74, 6) is -0.458. The lowest BCUT2D eigenvalue weighted by Gasteiger charge is -2.33. The second-order valence-electron chi connectivity index (χ2n) is 6.42. The maximum atomic E-state index is 13.2. The molecule has 1 aliphatic heterocycles. The number of hydrogen-bond acceptors (Lipinski definition) is 7. The SMILES string of the molecule is O=C(COc1cccc(F)c1)N1CCN(S(=O)(=O)c2cccc3nsnc23)CC1. The van der Waals surface area contributed by atoms with Gasteiger partial charge in [-0.05, 0) is 24.3 Å². The molecule has 29 heavy (non-hydrogen) atoms. The van der Waals surface area contributed by atoms with Crippen molar-refractivity contribution in [2.75, 3.05) is 32.8 Å². The van der Waals surface area contributed by atoms with Crippen LogP contribution in [0, 0.1) is 5.82 Å². The van der Waals surface area contributed by atoms with Crippen molar-refractivity contribution in [1.82, 2.24) is 18.0 Å². The number of rotatable bonds is 5. The van der Waals surface area contributed by atoms with Gasteiger partial charge in [0.05, 0.1) is 11.7 Å². The van der Waals surface area contributed by atoms with E-state index in [1.165, 1.54) is 33.5 Å². The average molecular weight is 436 g/mol. The lowest BCUT2D eigenvalue weighted by molar-refractivity contribution is -0.134. The number of halogens is 1. The third-order valence-electron chi connectivity index (χ3n) is 4.62. The quantitative estimate of drug-likeness (QED) is 0.605. The van der Waals surface area contributed by atoms with Crippen LogP contribution < -0.4 is 4.74 Å². The van der Waals surface area contributed by atoms with Gasteiger partial charge in [-0.2, -0.15) is 13.1 Å². The van der Waals surface area contributed by atoms with E-state index in [2.05, 4.69) is 8.75 Å². The van der Waals surface area contributed by atoms with E-state index in [0.717, 1.165) is 11.7 Å². The van der Waals surface area contributed by atoms with Gasteiger partial charge in [0.2, 0.25) is 10.0 Å². The molecule has 4 rings (SSSR count). The first kappa shape index (κ1) is 19.7. The molecule has 1 amide bonds. The van der Waals surface area contributed by atoms with Crippen molar-refractivity contribution < 1.29 is 22.3 Å². The van der Waals surface area contributed by atoms with Crippen LogP contribution in [0.15, 0.2) is 47.4 Å². The largest absolute Gasteiger partial charge is 0.484 e. The zero-order valence-electron chi connectivity index (χ0n) is 15.2. The van der Waals surface area contributed by atoms with Crippen LogP contribution in [0.25, 0.3) is 11.0 Å². The first-order chi connectivity index (χ1) is 13.9. The Hall–Kier alpha value is -2.63. The Morgan fingerprint density at radius 1 is 1.10 bits per heavy atom. The van der Waals surface area contributed by atoms with E-state index in [0.29, 0.717) is 11.0 Å². The van der Waals surface area contributed by atoms with Gasteiger partial charge < -0.3 is 9.64 Å². The number of ether oxygens (including phenoxy) is 1. The second-order valence-corrected chi connectivity index (χ2v) is 8.85. The maximum absolute atomic E-state index is 13.2. The van der Waals surface area contributed by atoms with Crippen LogP contribution in [-0.4, -0.2) is 65.1 Å². The summed E-state index contributed by atoms with van der Waals surface area (Å²) in [4.78, 5) is 14.0. The van der Waals surface area contributed by atoms with Crippen molar-refractivity contribution in [2.24, 2.45) is 0 Å². The van der Waals surface area contributed by atoms with Gasteiger partial charge in [0, 0.05) is 32.2 Å². The van der Waals surface area contributed by atoms with Gasteiger partial charge in [-0.25, -0.2) is 12.8 Å². The summed E-state index contributed by atoms with van der Waals surface area (Å²) >= 11 is 0.965. The highest BCUT2D eigenvalue weighted by Crippen LogP contribution is 2.25. The second kappa shape index (κ2) is 8.01. The number of carbonyl (C=O) groups excluding carboxylic acids is 1. The van der Waals surface area contributed by atoms with E-state index in [-0.39, 0.29) is 49.3 Å². The van der Waals surface area contributed by atoms with Crippen molar-refractivity contribution in [2.45, 2.75) is 4.90 Å². The normalized spacial score (nSPS) is 15.6. The summed E-state index contributed by atoms with van der Waals surface area (Å²) in [6, 6.07) is 10.4. The number of piperazine rings is 1. The lowest BCUT2D eigenvalue weighted by Crippen LogP contribution is -2.51. The highest BCUT2D eigenvalue weighted by molar-refractivity contribution is 7.89. The van der Waals surface area contributed by atoms with E-state index < -0.39 is 15.8 Å². The molecule has 2 heterocycles. The molecule has 0 saturated carbocycles. The Labute approximate surface area is 170 Å². The molecule has 1 saturated heterocycles. The summed E-state index contributed by atoms with van der Waals surface area (Å²) in [7, 11) is -3.74. The fourth-order valence-corrected chi connectivity index (χ4v) is 5.27. The third kappa shape index (κ3) is 4.07. The fraction of sp³-hybridized carbons (Fsp3) is 0.278. The smallest absolute Gasteiger partial charge is 0.260 e. The first-order valence-electron chi connectivity index (χ1n) is 8.83. The summed E-state index contributed by atoms with van der Waals surface area (Å²) in [6.07, 6.45) is 0. The number of nitrogens with zero attached hydrogens (tertiary/aromatic N) is 4. The summed E-state index contributed by atoms with van der Waals surface area (Å²) in [5, 5.41) is 0. The molecule has 1 fully saturated rings. The molecule has 0 atom stereocenters. The lowest BCUT2D eigenvalue weighted by atomic mass is 10.3. The van der Waals surface area contributed by atoms with Gasteiger partial charge in [-0.1, -0.05) is 12.1 Å². The molecular formula is C18H17FN4O4S2. The molecule has 1 aliphatic rings. The van der Waals surface area contributed by atoms with Crippen LogP contribution in [0.4, 0.5) is 4.39 Å². The van der Waals surface area contributed by atoms with Crippen molar-refractivity contribution in [1.29, 1.82) is 0 Å². The number of sulfonamides is 1. The van der Waals surface area contributed by atoms with Crippen LogP contribution >= 0.6 is 11.7 Å². The van der Waals surface area contributed by atoms with Crippen molar-refractivity contribution in [3.63, 3.8) is 0 Å². The molecule has 0 aliphatic carbocycles. The molecule has 2 aromatic carbocycles. The molecule has 0 bridgehead atoms. The highest BCUT2D eigenvalue weighted by Gasteiger charge is 2.32. The predicted octanol–water partition coefficient (Wildman–Crippen LogP) is 1.74. The molecule has 0 spiro atoms. The Morgan fingerprint density at radius 2 is 1.86 bits per heavy atom. The monoisotopic (exact) mass is 436 g/mol. The molecule has 11 heteroatoms. The fourth-order valence-electron chi connectivity index (χ4n) is 3.10. The third-order valence-corrected chi connectivity index (χ3v) is 7.09. The van der Waals surface area contributed by atoms with Gasteiger partial charge in [-0.15, -0.1) is 0 Å². The molecule has 152 valence electrons. The molecule has 0 unspecified atom stereocenters. The summed E-state index contributed by atoms with van der Waals surface area (Å²) < 4.78 is 54.1. The van der Waals surface area contributed by atoms with Crippen LogP contribution in [0.3, 0.4) is 0 Å². The summed E-state index contributed by atoms with van der Waals surface area (Å²) in [5.41, 5.74) is 0.902. The van der Waals surface area contributed by atoms with Gasteiger partial charge >= 0.3 is 0 Å². The number of hydrogen-bond donors (Lipinski definition) is 0. The number of carbonyl (C=O) groups is 1. The molecule has 0 N–H and O–H groups in total. The van der Waals surface area contributed by atoms with Crippen LogP contribution in [0.2, 0.25) is 0 Å². The zero-order chi connectivity index (χ0) is 20.4. The van der Waals surface area contributed by atoms with Crippen LogP contribution in [-0.2, 0) is 14.8 Å². The van der Waals surface area contributed by atoms with Crippen LogP contribution in [0.1, 0.15) is 0 Å². The number of benzene rings is 2. The Morgan fingerprint density at radius 3 is 2.62 bits per heavy atom. The van der Waals surface area contributed by atoms with E-state index in [1.807, 2.05) is 0 Å². The Kier molecular flexibility index (Phi) is 5.43. The molecule has 0 radical (unpaired) electrons. The van der Waals surface area contributed by atoms with Gasteiger partial charge in [0.15, 0.2) is 6.61 Å². The predicted molar refractivity (Wildman–Crippen MR) is 105 cm³/mol. The van der Waals surface area contributed by atoms with Gasteiger partial charge in [-0.3, -0.25) is 4.79 Å². The molecule has 3 aromatic rings. The van der Waals surface area contributed by atoms with Crippen molar-refractivity contribution in [3.05, 3.63) is 48.3 Å². The van der Waals surface area contributed by atoms with Crippen molar-refractivity contribution >= 4 is 38.7 Å². The average Bonchev–Trinajstić information content (AvgIpc) is 3.21.